The van der Waals surface area contributed by atoms with Crippen LogP contribution in [-0.2, 0) is 11.3 Å². The van der Waals surface area contributed by atoms with E-state index in [9.17, 15) is 14.7 Å². The molecule has 0 atom stereocenters. The highest BCUT2D eigenvalue weighted by Crippen LogP contribution is 2.32. The zero-order chi connectivity index (χ0) is 15.5. The van der Waals surface area contributed by atoms with Crippen molar-refractivity contribution in [1.82, 2.24) is 10.2 Å². The van der Waals surface area contributed by atoms with Crippen LogP contribution in [0.25, 0.3) is 0 Å². The van der Waals surface area contributed by atoms with Gasteiger partial charge in [0.25, 0.3) is 5.91 Å². The normalized spacial score (nSPS) is 16.5. The zero-order valence-corrected chi connectivity index (χ0v) is 12.5. The van der Waals surface area contributed by atoms with Gasteiger partial charge in [0.15, 0.2) is 5.76 Å². The number of carboxylic acid groups (broad SMARTS) is 1. The van der Waals surface area contributed by atoms with Gasteiger partial charge in [0.2, 0.25) is 0 Å². The number of hydrogen-bond acceptors (Lipinski definition) is 4. The van der Waals surface area contributed by atoms with Crippen LogP contribution < -0.4 is 5.32 Å². The smallest absolute Gasteiger partial charge is 0.329 e. The van der Waals surface area contributed by atoms with Gasteiger partial charge in [-0.3, -0.25) is 9.69 Å². The maximum absolute atomic E-state index is 12.1. The van der Waals surface area contributed by atoms with Gasteiger partial charge >= 0.3 is 5.97 Å². The van der Waals surface area contributed by atoms with Crippen LogP contribution in [0.2, 0.25) is 0 Å². The lowest BCUT2D eigenvalue weighted by Gasteiger charge is -2.37. The van der Waals surface area contributed by atoms with E-state index in [1.807, 2.05) is 0 Å². The molecule has 0 spiro atoms. The summed E-state index contributed by atoms with van der Waals surface area (Å²) >= 11 is 0. The van der Waals surface area contributed by atoms with E-state index in [4.69, 9.17) is 4.42 Å². The molecule has 0 aromatic carbocycles. The van der Waals surface area contributed by atoms with E-state index in [1.54, 1.807) is 12.1 Å². The van der Waals surface area contributed by atoms with E-state index in [1.165, 1.54) is 0 Å². The monoisotopic (exact) mass is 294 g/mol. The van der Waals surface area contributed by atoms with E-state index < -0.39 is 17.4 Å². The second kappa shape index (κ2) is 6.30. The fourth-order valence-corrected chi connectivity index (χ4v) is 2.45. The predicted octanol–water partition coefficient (Wildman–Crippen LogP) is 1.86. The largest absolute Gasteiger partial charge is 0.480 e. The van der Waals surface area contributed by atoms with E-state index in [0.29, 0.717) is 25.1 Å². The third-order valence-corrected chi connectivity index (χ3v) is 4.13. The third kappa shape index (κ3) is 3.26. The average Bonchev–Trinajstić information content (AvgIpc) is 2.88. The van der Waals surface area contributed by atoms with Crippen molar-refractivity contribution in [3.63, 3.8) is 0 Å². The van der Waals surface area contributed by atoms with Crippen LogP contribution in [0.1, 0.15) is 49.4 Å². The molecule has 1 heterocycles. The molecule has 1 saturated carbocycles. The molecule has 6 heteroatoms. The SMILES string of the molecule is CCN(CC)Cc1ccc(C(=O)NC2(C(=O)O)CCC2)o1. The number of carbonyl (C=O) groups excluding carboxylic acids is 1. The first-order valence-electron chi connectivity index (χ1n) is 7.37. The van der Waals surface area contributed by atoms with Gasteiger partial charge in [-0.1, -0.05) is 13.8 Å². The Bertz CT molecular complexity index is 515. The number of rotatable bonds is 7. The molecule has 1 aromatic heterocycles. The van der Waals surface area contributed by atoms with E-state index in [0.717, 1.165) is 19.5 Å². The topological polar surface area (TPSA) is 82.8 Å². The maximum Gasteiger partial charge on any atom is 0.329 e. The summed E-state index contributed by atoms with van der Waals surface area (Å²) in [5.41, 5.74) is -1.11. The van der Waals surface area contributed by atoms with Gasteiger partial charge < -0.3 is 14.8 Å². The van der Waals surface area contributed by atoms with Gasteiger partial charge in [0.1, 0.15) is 11.3 Å². The summed E-state index contributed by atoms with van der Waals surface area (Å²) in [5.74, 6) is -0.550. The van der Waals surface area contributed by atoms with Gasteiger partial charge in [-0.2, -0.15) is 0 Å². The number of carboxylic acids is 1. The number of aliphatic carboxylic acids is 1. The Hall–Kier alpha value is -1.82. The molecule has 1 aromatic rings. The third-order valence-electron chi connectivity index (χ3n) is 4.13. The van der Waals surface area contributed by atoms with Crippen molar-refractivity contribution in [2.45, 2.75) is 45.2 Å². The molecule has 6 nitrogen and oxygen atoms in total. The molecule has 0 radical (unpaired) electrons. The summed E-state index contributed by atoms with van der Waals surface area (Å²) in [6.07, 6.45) is 1.76. The Kier molecular flexibility index (Phi) is 4.67. The lowest BCUT2D eigenvalue weighted by Crippen LogP contribution is -2.59. The molecular weight excluding hydrogens is 272 g/mol. The standard InChI is InChI=1S/C15H22N2O4/c1-3-17(4-2)10-11-6-7-12(21-11)13(18)16-15(14(19)20)8-5-9-15/h6-7H,3-5,8-10H2,1-2H3,(H,16,18)(H,19,20). The number of amides is 1. The Morgan fingerprint density at radius 1 is 1.33 bits per heavy atom. The van der Waals surface area contributed by atoms with Gasteiger partial charge in [0, 0.05) is 0 Å². The van der Waals surface area contributed by atoms with Crippen molar-refractivity contribution in [3.05, 3.63) is 23.7 Å². The molecule has 116 valence electrons. The van der Waals surface area contributed by atoms with Crippen molar-refractivity contribution in [3.8, 4) is 0 Å². The number of nitrogens with zero attached hydrogens (tertiary/aromatic N) is 1. The molecule has 0 saturated heterocycles. The van der Waals surface area contributed by atoms with Crippen LogP contribution in [0.4, 0.5) is 0 Å². The molecule has 2 rings (SSSR count). The number of hydrogen-bond donors (Lipinski definition) is 2. The molecule has 1 aliphatic carbocycles. The molecule has 2 N–H and O–H groups in total. The quantitative estimate of drug-likeness (QED) is 0.802. The van der Waals surface area contributed by atoms with Gasteiger partial charge in [-0.05, 0) is 44.5 Å². The highest BCUT2D eigenvalue weighted by atomic mass is 16.4. The van der Waals surface area contributed by atoms with Gasteiger partial charge in [0.05, 0.1) is 6.54 Å². The first-order chi connectivity index (χ1) is 10.0. The fourth-order valence-electron chi connectivity index (χ4n) is 2.45. The Morgan fingerprint density at radius 2 is 2.00 bits per heavy atom. The molecule has 0 unspecified atom stereocenters. The first-order valence-corrected chi connectivity index (χ1v) is 7.37. The first kappa shape index (κ1) is 15.6. The zero-order valence-electron chi connectivity index (χ0n) is 12.5. The predicted molar refractivity (Wildman–Crippen MR) is 77.0 cm³/mol. The highest BCUT2D eigenvalue weighted by molar-refractivity contribution is 5.96. The molecule has 0 aliphatic heterocycles. The lowest BCUT2D eigenvalue weighted by molar-refractivity contribution is -0.148. The Balaban J connectivity index is 2.00. The summed E-state index contributed by atoms with van der Waals surface area (Å²) in [6, 6.07) is 3.36. The number of carbonyl (C=O) groups is 2. The second-order valence-corrected chi connectivity index (χ2v) is 5.42. The summed E-state index contributed by atoms with van der Waals surface area (Å²) < 4.78 is 5.53. The van der Waals surface area contributed by atoms with Crippen LogP contribution >= 0.6 is 0 Å². The van der Waals surface area contributed by atoms with E-state index >= 15 is 0 Å². The van der Waals surface area contributed by atoms with Crippen LogP contribution in [0.5, 0.6) is 0 Å². The lowest BCUT2D eigenvalue weighted by atomic mass is 9.76. The molecule has 1 aliphatic rings. The van der Waals surface area contributed by atoms with Crippen LogP contribution in [0.15, 0.2) is 16.5 Å². The van der Waals surface area contributed by atoms with E-state index in [-0.39, 0.29) is 5.76 Å². The molecule has 1 fully saturated rings. The Morgan fingerprint density at radius 3 is 2.48 bits per heavy atom. The molecular formula is C15H22N2O4. The number of furan rings is 1. The van der Waals surface area contributed by atoms with Gasteiger partial charge in [-0.15, -0.1) is 0 Å². The summed E-state index contributed by atoms with van der Waals surface area (Å²) in [6.45, 7) is 6.58. The van der Waals surface area contributed by atoms with Crippen molar-refractivity contribution >= 4 is 11.9 Å². The molecule has 0 bridgehead atoms. The van der Waals surface area contributed by atoms with Crippen molar-refractivity contribution in [2.75, 3.05) is 13.1 Å². The van der Waals surface area contributed by atoms with Gasteiger partial charge in [-0.25, -0.2) is 4.79 Å². The fraction of sp³-hybridized carbons (Fsp3) is 0.600. The second-order valence-electron chi connectivity index (χ2n) is 5.42. The van der Waals surface area contributed by atoms with Crippen molar-refractivity contribution in [2.24, 2.45) is 0 Å². The minimum absolute atomic E-state index is 0.171. The van der Waals surface area contributed by atoms with Crippen molar-refractivity contribution < 1.29 is 19.1 Å². The Labute approximate surface area is 124 Å². The van der Waals surface area contributed by atoms with Crippen LogP contribution in [-0.4, -0.2) is 40.5 Å². The minimum Gasteiger partial charge on any atom is -0.480 e. The number of nitrogens with one attached hydrogen (secondary N) is 1. The summed E-state index contributed by atoms with van der Waals surface area (Å²) in [7, 11) is 0. The van der Waals surface area contributed by atoms with Crippen LogP contribution in [0.3, 0.4) is 0 Å². The molecule has 21 heavy (non-hydrogen) atoms. The summed E-state index contributed by atoms with van der Waals surface area (Å²) in [4.78, 5) is 25.5. The van der Waals surface area contributed by atoms with E-state index in [2.05, 4.69) is 24.1 Å². The highest BCUT2D eigenvalue weighted by Gasteiger charge is 2.46. The minimum atomic E-state index is -1.11. The maximum atomic E-state index is 12.1. The van der Waals surface area contributed by atoms with Crippen LogP contribution in [0, 0.1) is 0 Å². The average molecular weight is 294 g/mol. The molecule has 1 amide bonds. The summed E-state index contributed by atoms with van der Waals surface area (Å²) in [5, 5.41) is 11.8. The van der Waals surface area contributed by atoms with Crippen molar-refractivity contribution in [1.29, 1.82) is 0 Å².